The molecular formula is C27H27BrClNO3. The number of rotatable bonds is 10. The molecule has 3 aromatic carbocycles. The fourth-order valence-electron chi connectivity index (χ4n) is 3.19. The van der Waals surface area contributed by atoms with Crippen LogP contribution in [0.1, 0.15) is 36.5 Å². The summed E-state index contributed by atoms with van der Waals surface area (Å²) in [7, 11) is 1.59. The molecule has 0 saturated heterocycles. The lowest BCUT2D eigenvalue weighted by atomic mass is 10.1. The third-order valence-electron chi connectivity index (χ3n) is 5.03. The summed E-state index contributed by atoms with van der Waals surface area (Å²) in [6, 6.07) is 19.1. The van der Waals surface area contributed by atoms with Crippen LogP contribution in [0, 0.1) is 0 Å². The van der Waals surface area contributed by atoms with E-state index in [1.807, 2.05) is 54.6 Å². The number of hydrogen-bond donors (Lipinski definition) is 1. The predicted octanol–water partition coefficient (Wildman–Crippen LogP) is 7.68. The Morgan fingerprint density at radius 1 is 1.03 bits per heavy atom. The first-order chi connectivity index (χ1) is 16.0. The molecule has 33 heavy (non-hydrogen) atoms. The maximum atomic E-state index is 12.4. The van der Waals surface area contributed by atoms with Gasteiger partial charge in [-0.25, -0.2) is 0 Å². The van der Waals surface area contributed by atoms with Gasteiger partial charge in [-0.05, 0) is 87.9 Å². The molecule has 0 unspecified atom stereocenters. The fraction of sp³-hybridized carbons (Fsp3) is 0.222. The molecule has 0 aromatic heterocycles. The van der Waals surface area contributed by atoms with Gasteiger partial charge in [-0.2, -0.15) is 0 Å². The van der Waals surface area contributed by atoms with Crippen LogP contribution in [0.4, 0.5) is 5.69 Å². The third kappa shape index (κ3) is 7.65. The number of carbonyl (C=O) groups excluding carboxylic acids is 1. The Hall–Kier alpha value is -2.76. The Morgan fingerprint density at radius 3 is 2.48 bits per heavy atom. The lowest BCUT2D eigenvalue weighted by Crippen LogP contribution is -2.08. The summed E-state index contributed by atoms with van der Waals surface area (Å²) < 4.78 is 12.2. The highest BCUT2D eigenvalue weighted by atomic mass is 79.9. The van der Waals surface area contributed by atoms with Gasteiger partial charge in [-0.3, -0.25) is 4.79 Å². The molecule has 3 rings (SSSR count). The van der Waals surface area contributed by atoms with Gasteiger partial charge in [0.1, 0.15) is 6.61 Å². The molecule has 0 fully saturated rings. The van der Waals surface area contributed by atoms with Crippen molar-refractivity contribution in [2.75, 3.05) is 12.4 Å². The Bertz CT molecular complexity index is 1110. The van der Waals surface area contributed by atoms with E-state index < -0.39 is 0 Å². The van der Waals surface area contributed by atoms with E-state index in [2.05, 4.69) is 34.2 Å². The lowest BCUT2D eigenvalue weighted by molar-refractivity contribution is -0.111. The molecule has 0 bridgehead atoms. The van der Waals surface area contributed by atoms with Gasteiger partial charge >= 0.3 is 0 Å². The van der Waals surface area contributed by atoms with Crippen LogP contribution in [-0.2, 0) is 17.8 Å². The van der Waals surface area contributed by atoms with Crippen LogP contribution in [0.15, 0.2) is 71.2 Å². The Kier molecular flexibility index (Phi) is 9.40. The van der Waals surface area contributed by atoms with E-state index in [-0.39, 0.29) is 5.91 Å². The van der Waals surface area contributed by atoms with Crippen LogP contribution in [0.5, 0.6) is 11.5 Å². The summed E-state index contributed by atoms with van der Waals surface area (Å²) in [5, 5.41) is 3.60. The van der Waals surface area contributed by atoms with Crippen LogP contribution < -0.4 is 14.8 Å². The van der Waals surface area contributed by atoms with Crippen LogP contribution in [0.2, 0.25) is 5.02 Å². The summed E-state index contributed by atoms with van der Waals surface area (Å²) >= 11 is 9.47. The van der Waals surface area contributed by atoms with E-state index in [1.54, 1.807) is 13.2 Å². The molecule has 0 saturated carbocycles. The van der Waals surface area contributed by atoms with Crippen LogP contribution in [-0.4, -0.2) is 13.0 Å². The molecule has 3 aromatic rings. The molecule has 6 heteroatoms. The molecular weight excluding hydrogens is 502 g/mol. The van der Waals surface area contributed by atoms with E-state index in [0.29, 0.717) is 23.1 Å². The maximum Gasteiger partial charge on any atom is 0.248 e. The fourth-order valence-corrected chi connectivity index (χ4v) is 3.84. The summed E-state index contributed by atoms with van der Waals surface area (Å²) in [5.74, 6) is 1.01. The summed E-state index contributed by atoms with van der Waals surface area (Å²) in [6.45, 7) is 2.57. The number of ether oxygens (including phenoxy) is 2. The number of carbonyl (C=O) groups is 1. The largest absolute Gasteiger partial charge is 0.493 e. The predicted molar refractivity (Wildman–Crippen MR) is 139 cm³/mol. The molecule has 0 aliphatic heterocycles. The zero-order valence-corrected chi connectivity index (χ0v) is 21.1. The van der Waals surface area contributed by atoms with Crippen LogP contribution >= 0.6 is 27.5 Å². The first-order valence-corrected chi connectivity index (χ1v) is 12.0. The molecule has 0 aliphatic rings. The molecule has 0 spiro atoms. The van der Waals surface area contributed by atoms with Crippen LogP contribution in [0.25, 0.3) is 6.08 Å². The van der Waals surface area contributed by atoms with Gasteiger partial charge in [0.2, 0.25) is 5.91 Å². The van der Waals surface area contributed by atoms with Crippen molar-refractivity contribution in [2.24, 2.45) is 0 Å². The number of aryl methyl sites for hydroxylation is 1. The number of methoxy groups -OCH3 is 1. The molecule has 0 heterocycles. The number of anilines is 1. The SMILES string of the molecule is CCCCc1ccc(NC(=O)/C=C/c2ccc(OCc3ccc(Cl)cc3)c(OC)c2)c(Br)c1. The van der Waals surface area contributed by atoms with Gasteiger partial charge in [0, 0.05) is 15.6 Å². The lowest BCUT2D eigenvalue weighted by Gasteiger charge is -2.11. The first kappa shape index (κ1) is 24.9. The van der Waals surface area contributed by atoms with Crippen molar-refractivity contribution in [3.8, 4) is 11.5 Å². The summed E-state index contributed by atoms with van der Waals surface area (Å²) in [4.78, 5) is 12.4. The number of nitrogens with one attached hydrogen (secondary N) is 1. The van der Waals surface area contributed by atoms with Crippen molar-refractivity contribution in [3.63, 3.8) is 0 Å². The molecule has 1 amide bonds. The minimum Gasteiger partial charge on any atom is -0.493 e. The highest BCUT2D eigenvalue weighted by Gasteiger charge is 2.07. The maximum absolute atomic E-state index is 12.4. The molecule has 172 valence electrons. The zero-order chi connectivity index (χ0) is 23.6. The average Bonchev–Trinajstić information content (AvgIpc) is 2.82. The van der Waals surface area contributed by atoms with Gasteiger partial charge in [-0.15, -0.1) is 0 Å². The molecule has 0 atom stereocenters. The van der Waals surface area contributed by atoms with Crippen molar-refractivity contribution in [3.05, 3.63) is 92.9 Å². The standard InChI is InChI=1S/C27H27BrClNO3/c1-3-4-5-19-8-13-24(23(28)16-19)30-27(31)15-10-20-9-14-25(26(17-20)32-2)33-18-21-6-11-22(29)12-7-21/h6-17H,3-5,18H2,1-2H3,(H,30,31)/b15-10+. The second-order valence-corrected chi connectivity index (χ2v) is 8.86. The quantitative estimate of drug-likeness (QED) is 0.274. The second kappa shape index (κ2) is 12.5. The van der Waals surface area contributed by atoms with Crippen molar-refractivity contribution >= 4 is 45.2 Å². The van der Waals surface area contributed by atoms with E-state index >= 15 is 0 Å². The number of hydrogen-bond acceptors (Lipinski definition) is 3. The molecule has 0 radical (unpaired) electrons. The normalized spacial score (nSPS) is 10.9. The molecule has 4 nitrogen and oxygen atoms in total. The van der Waals surface area contributed by atoms with Gasteiger partial charge in [0.15, 0.2) is 11.5 Å². The minimum absolute atomic E-state index is 0.209. The highest BCUT2D eigenvalue weighted by molar-refractivity contribution is 9.10. The third-order valence-corrected chi connectivity index (χ3v) is 5.94. The highest BCUT2D eigenvalue weighted by Crippen LogP contribution is 2.30. The van der Waals surface area contributed by atoms with Crippen LogP contribution in [0.3, 0.4) is 0 Å². The zero-order valence-electron chi connectivity index (χ0n) is 18.7. The second-order valence-electron chi connectivity index (χ2n) is 7.57. The first-order valence-electron chi connectivity index (χ1n) is 10.8. The number of amides is 1. The number of benzene rings is 3. The Balaban J connectivity index is 1.61. The number of unbranched alkanes of at least 4 members (excludes halogenated alkanes) is 1. The summed E-state index contributed by atoms with van der Waals surface area (Å²) in [5.41, 5.74) is 3.83. The van der Waals surface area contributed by atoms with Gasteiger partial charge in [-0.1, -0.05) is 49.2 Å². The van der Waals surface area contributed by atoms with E-state index in [9.17, 15) is 4.79 Å². The molecule has 0 aliphatic carbocycles. The number of halogens is 2. The minimum atomic E-state index is -0.209. The Labute approximate surface area is 208 Å². The van der Waals surface area contributed by atoms with Crippen molar-refractivity contribution in [1.29, 1.82) is 0 Å². The van der Waals surface area contributed by atoms with E-state index in [4.69, 9.17) is 21.1 Å². The van der Waals surface area contributed by atoms with Crippen molar-refractivity contribution < 1.29 is 14.3 Å². The van der Waals surface area contributed by atoms with Crippen molar-refractivity contribution in [2.45, 2.75) is 32.8 Å². The van der Waals surface area contributed by atoms with Gasteiger partial charge in [0.05, 0.1) is 12.8 Å². The Morgan fingerprint density at radius 2 is 1.79 bits per heavy atom. The molecule has 1 N–H and O–H groups in total. The summed E-state index contributed by atoms with van der Waals surface area (Å²) in [6.07, 6.45) is 6.58. The van der Waals surface area contributed by atoms with Gasteiger partial charge in [0.25, 0.3) is 0 Å². The topological polar surface area (TPSA) is 47.6 Å². The van der Waals surface area contributed by atoms with E-state index in [0.717, 1.165) is 40.5 Å². The van der Waals surface area contributed by atoms with Crippen molar-refractivity contribution in [1.82, 2.24) is 0 Å². The average molecular weight is 529 g/mol. The monoisotopic (exact) mass is 527 g/mol. The van der Waals surface area contributed by atoms with E-state index in [1.165, 1.54) is 11.6 Å². The smallest absolute Gasteiger partial charge is 0.248 e. The van der Waals surface area contributed by atoms with Gasteiger partial charge < -0.3 is 14.8 Å².